The van der Waals surface area contributed by atoms with Gasteiger partial charge >= 0.3 is 0 Å². The first-order chi connectivity index (χ1) is 13.6. The van der Waals surface area contributed by atoms with E-state index in [1.54, 1.807) is 12.1 Å². The van der Waals surface area contributed by atoms with Crippen molar-refractivity contribution in [2.75, 3.05) is 0 Å². The lowest BCUT2D eigenvalue weighted by molar-refractivity contribution is -0.384. The van der Waals surface area contributed by atoms with Crippen molar-refractivity contribution in [3.8, 4) is 16.9 Å². The number of nitro benzene ring substituents is 1. The quantitative estimate of drug-likeness (QED) is 0.329. The summed E-state index contributed by atoms with van der Waals surface area (Å²) in [5, 5.41) is 18.1. The highest BCUT2D eigenvalue weighted by molar-refractivity contribution is 6.13. The molecule has 2 aromatic heterocycles. The average Bonchev–Trinajstić information content (AvgIpc) is 3.26. The Balaban J connectivity index is 1.86. The van der Waals surface area contributed by atoms with Gasteiger partial charge in [0.05, 0.1) is 21.5 Å². The van der Waals surface area contributed by atoms with Crippen molar-refractivity contribution in [2.24, 2.45) is 7.05 Å². The fraction of sp³-hybridized carbons (Fsp3) is 0.0455. The zero-order valence-electron chi connectivity index (χ0n) is 15.1. The number of hydrogen-bond donors (Lipinski definition) is 0. The summed E-state index contributed by atoms with van der Waals surface area (Å²) in [6, 6.07) is 24.8. The van der Waals surface area contributed by atoms with Crippen molar-refractivity contribution < 1.29 is 4.92 Å². The highest BCUT2D eigenvalue weighted by atomic mass is 16.6. The summed E-state index contributed by atoms with van der Waals surface area (Å²) in [6.07, 6.45) is 0. The number of fused-ring (bicyclic) bond motifs is 3. The molecule has 0 saturated heterocycles. The summed E-state index contributed by atoms with van der Waals surface area (Å²) in [4.78, 5) is 10.6. The van der Waals surface area contributed by atoms with Crippen LogP contribution < -0.4 is 0 Å². The number of rotatable bonds is 3. The molecule has 0 bridgehead atoms. The zero-order chi connectivity index (χ0) is 19.3. The number of benzene rings is 3. The summed E-state index contributed by atoms with van der Waals surface area (Å²) in [5.41, 5.74) is 4.79. The van der Waals surface area contributed by atoms with E-state index in [-0.39, 0.29) is 10.6 Å². The number of para-hydroxylation sites is 2. The SMILES string of the molecule is Cn1c2ccccc2c2c(-c3ccc([N+](=O)[O-])cc3)nn(-c3ccccc3)c21. The number of nitrogens with zero attached hydrogens (tertiary/aromatic N) is 4. The van der Waals surface area contributed by atoms with Crippen LogP contribution in [0, 0.1) is 10.1 Å². The second-order valence-corrected chi connectivity index (χ2v) is 6.67. The fourth-order valence-corrected chi connectivity index (χ4v) is 3.75. The number of hydrogen-bond acceptors (Lipinski definition) is 3. The van der Waals surface area contributed by atoms with E-state index in [4.69, 9.17) is 5.10 Å². The Hall–Kier alpha value is -3.93. The van der Waals surface area contributed by atoms with Crippen molar-refractivity contribution in [1.29, 1.82) is 0 Å². The third-order valence-electron chi connectivity index (χ3n) is 5.07. The molecular weight excluding hydrogens is 352 g/mol. The number of aromatic nitrogens is 3. The Morgan fingerprint density at radius 1 is 0.893 bits per heavy atom. The molecule has 6 nitrogen and oxygen atoms in total. The number of nitro groups is 1. The van der Waals surface area contributed by atoms with Gasteiger partial charge in [-0.2, -0.15) is 5.10 Å². The molecule has 0 saturated carbocycles. The predicted octanol–water partition coefficient (Wildman–Crippen LogP) is 5.09. The number of aryl methyl sites for hydroxylation is 1. The van der Waals surface area contributed by atoms with Crippen LogP contribution in [0.15, 0.2) is 78.9 Å². The minimum atomic E-state index is -0.389. The molecule has 0 atom stereocenters. The van der Waals surface area contributed by atoms with Crippen LogP contribution >= 0.6 is 0 Å². The molecule has 0 aliphatic carbocycles. The van der Waals surface area contributed by atoms with Crippen LogP contribution in [0.25, 0.3) is 38.9 Å². The molecule has 28 heavy (non-hydrogen) atoms. The number of non-ortho nitro benzene ring substituents is 1. The summed E-state index contributed by atoms with van der Waals surface area (Å²) >= 11 is 0. The van der Waals surface area contributed by atoms with E-state index >= 15 is 0 Å². The van der Waals surface area contributed by atoms with E-state index in [1.807, 2.05) is 54.2 Å². The predicted molar refractivity (Wildman–Crippen MR) is 110 cm³/mol. The van der Waals surface area contributed by atoms with Crippen molar-refractivity contribution in [2.45, 2.75) is 0 Å². The van der Waals surface area contributed by atoms with E-state index in [0.29, 0.717) is 0 Å². The lowest BCUT2D eigenvalue weighted by atomic mass is 10.1. The Kier molecular flexibility index (Phi) is 3.52. The normalized spacial score (nSPS) is 11.3. The Labute approximate surface area is 160 Å². The van der Waals surface area contributed by atoms with Gasteiger partial charge < -0.3 is 4.57 Å². The third-order valence-corrected chi connectivity index (χ3v) is 5.07. The van der Waals surface area contributed by atoms with E-state index in [2.05, 4.69) is 16.7 Å². The monoisotopic (exact) mass is 368 g/mol. The van der Waals surface area contributed by atoms with Crippen LogP contribution in [0.2, 0.25) is 0 Å². The first-order valence-corrected chi connectivity index (χ1v) is 8.91. The minimum Gasteiger partial charge on any atom is -0.328 e. The van der Waals surface area contributed by atoms with Gasteiger partial charge in [-0.3, -0.25) is 10.1 Å². The Bertz CT molecular complexity index is 1330. The molecule has 5 rings (SSSR count). The van der Waals surface area contributed by atoms with E-state index in [9.17, 15) is 10.1 Å². The summed E-state index contributed by atoms with van der Waals surface area (Å²) in [5.74, 6) is 0. The van der Waals surface area contributed by atoms with Crippen molar-refractivity contribution in [1.82, 2.24) is 14.3 Å². The molecule has 0 aliphatic rings. The van der Waals surface area contributed by atoms with Crippen molar-refractivity contribution in [3.05, 3.63) is 89.0 Å². The Morgan fingerprint density at radius 3 is 2.29 bits per heavy atom. The zero-order valence-corrected chi connectivity index (χ0v) is 15.1. The van der Waals surface area contributed by atoms with E-state index in [0.717, 1.165) is 38.9 Å². The van der Waals surface area contributed by atoms with Gasteiger partial charge in [-0.05, 0) is 30.3 Å². The van der Waals surface area contributed by atoms with Gasteiger partial charge in [-0.15, -0.1) is 0 Å². The smallest absolute Gasteiger partial charge is 0.269 e. The van der Waals surface area contributed by atoms with Crippen LogP contribution in [0.4, 0.5) is 5.69 Å². The van der Waals surface area contributed by atoms with Gasteiger partial charge in [0.25, 0.3) is 5.69 Å². The molecule has 136 valence electrons. The van der Waals surface area contributed by atoms with Gasteiger partial charge in [0.1, 0.15) is 11.3 Å². The summed E-state index contributed by atoms with van der Waals surface area (Å²) in [6.45, 7) is 0. The second-order valence-electron chi connectivity index (χ2n) is 6.67. The average molecular weight is 368 g/mol. The molecule has 0 unspecified atom stereocenters. The molecule has 0 N–H and O–H groups in total. The van der Waals surface area contributed by atoms with E-state index in [1.165, 1.54) is 12.1 Å². The van der Waals surface area contributed by atoms with Crippen LogP contribution in [0.3, 0.4) is 0 Å². The minimum absolute atomic E-state index is 0.0698. The molecule has 0 radical (unpaired) electrons. The van der Waals surface area contributed by atoms with Gasteiger partial charge in [0.2, 0.25) is 0 Å². The molecule has 3 aromatic carbocycles. The molecule has 0 aliphatic heterocycles. The molecule has 0 amide bonds. The van der Waals surface area contributed by atoms with Crippen molar-refractivity contribution >= 4 is 27.6 Å². The molecule has 5 aromatic rings. The van der Waals surface area contributed by atoms with E-state index < -0.39 is 0 Å². The maximum Gasteiger partial charge on any atom is 0.269 e. The third kappa shape index (κ3) is 2.31. The first kappa shape index (κ1) is 16.3. The van der Waals surface area contributed by atoms with Gasteiger partial charge in [0, 0.05) is 30.1 Å². The lowest BCUT2D eigenvalue weighted by Crippen LogP contribution is -2.01. The lowest BCUT2D eigenvalue weighted by Gasteiger charge is -2.05. The van der Waals surface area contributed by atoms with Crippen molar-refractivity contribution in [3.63, 3.8) is 0 Å². The van der Waals surface area contributed by atoms with Crippen LogP contribution in [0.1, 0.15) is 0 Å². The molecule has 6 heteroatoms. The highest BCUT2D eigenvalue weighted by Crippen LogP contribution is 2.37. The van der Waals surface area contributed by atoms with Gasteiger partial charge in [-0.25, -0.2) is 4.68 Å². The second kappa shape index (κ2) is 6.06. The largest absolute Gasteiger partial charge is 0.328 e. The van der Waals surface area contributed by atoms with Crippen LogP contribution in [-0.2, 0) is 7.05 Å². The standard InChI is InChI=1S/C22H16N4O2/c1-24-19-10-6-5-9-18(19)20-21(15-11-13-17(14-12-15)26(27)28)23-25(22(20)24)16-7-3-2-4-8-16/h2-14H,1H3. The fourth-order valence-electron chi connectivity index (χ4n) is 3.75. The summed E-state index contributed by atoms with van der Waals surface area (Å²) in [7, 11) is 2.03. The Morgan fingerprint density at radius 2 is 1.57 bits per heavy atom. The topological polar surface area (TPSA) is 65.9 Å². The highest BCUT2D eigenvalue weighted by Gasteiger charge is 2.21. The molecule has 2 heterocycles. The maximum atomic E-state index is 11.0. The summed E-state index contributed by atoms with van der Waals surface area (Å²) < 4.78 is 4.08. The van der Waals surface area contributed by atoms with Gasteiger partial charge in [-0.1, -0.05) is 36.4 Å². The van der Waals surface area contributed by atoms with Crippen LogP contribution in [-0.4, -0.2) is 19.3 Å². The molecular formula is C22H16N4O2. The first-order valence-electron chi connectivity index (χ1n) is 8.91. The van der Waals surface area contributed by atoms with Crippen LogP contribution in [0.5, 0.6) is 0 Å². The molecule has 0 spiro atoms. The maximum absolute atomic E-state index is 11.0. The van der Waals surface area contributed by atoms with Gasteiger partial charge in [0.15, 0.2) is 0 Å². The molecule has 0 fully saturated rings.